The number of nitrogens with zero attached hydrogens (tertiary/aromatic N) is 1. The molecule has 0 unspecified atom stereocenters. The van der Waals surface area contributed by atoms with Gasteiger partial charge in [0.1, 0.15) is 11.4 Å². The largest absolute Gasteiger partial charge is 0.480 e. The van der Waals surface area contributed by atoms with Gasteiger partial charge >= 0.3 is 5.97 Å². The van der Waals surface area contributed by atoms with E-state index in [-0.39, 0.29) is 11.4 Å². The molecule has 1 amide bonds. The van der Waals surface area contributed by atoms with Crippen molar-refractivity contribution in [3.63, 3.8) is 0 Å². The van der Waals surface area contributed by atoms with E-state index in [9.17, 15) is 14.7 Å². The lowest BCUT2D eigenvalue weighted by Crippen LogP contribution is -2.48. The minimum absolute atomic E-state index is 0.270. The van der Waals surface area contributed by atoms with Gasteiger partial charge in [0.25, 0.3) is 5.91 Å². The fourth-order valence-corrected chi connectivity index (χ4v) is 3.01. The Balaban J connectivity index is 2.46. The minimum atomic E-state index is -1.06. The van der Waals surface area contributed by atoms with E-state index in [0.29, 0.717) is 18.4 Å². The third-order valence-electron chi connectivity index (χ3n) is 4.07. The Bertz CT molecular complexity index is 578. The first-order valence-electron chi connectivity index (χ1n) is 7.15. The van der Waals surface area contributed by atoms with Crippen LogP contribution in [0.25, 0.3) is 0 Å². The van der Waals surface area contributed by atoms with E-state index in [1.54, 1.807) is 19.9 Å². The molecular formula is C15H21N3O3. The van der Waals surface area contributed by atoms with Crippen molar-refractivity contribution >= 4 is 17.7 Å². The number of rotatable bonds is 4. The first-order valence-corrected chi connectivity index (χ1v) is 7.15. The number of aryl methyl sites for hydroxylation is 2. The molecule has 1 aliphatic rings. The highest BCUT2D eigenvalue weighted by molar-refractivity contribution is 6.00. The van der Waals surface area contributed by atoms with Crippen LogP contribution >= 0.6 is 0 Å². The molecule has 4 N–H and O–H groups in total. The summed E-state index contributed by atoms with van der Waals surface area (Å²) in [5.41, 5.74) is 6.06. The van der Waals surface area contributed by atoms with E-state index in [0.717, 1.165) is 25.0 Å². The number of carbonyl (C=O) groups is 2. The molecule has 0 spiro atoms. The molecule has 1 heterocycles. The molecule has 0 saturated heterocycles. The van der Waals surface area contributed by atoms with Crippen LogP contribution in [0.15, 0.2) is 6.07 Å². The number of carboxylic acids is 1. The van der Waals surface area contributed by atoms with E-state index in [1.807, 2.05) is 0 Å². The summed E-state index contributed by atoms with van der Waals surface area (Å²) in [6, 6.07) is 1.76. The summed E-state index contributed by atoms with van der Waals surface area (Å²) in [5, 5.41) is 12.6. The highest BCUT2D eigenvalue weighted by atomic mass is 16.4. The van der Waals surface area contributed by atoms with Gasteiger partial charge in [-0.2, -0.15) is 0 Å². The number of hydrogen-bond donors (Lipinski definition) is 3. The number of carbonyl (C=O) groups excluding carboxylic acids is 1. The lowest BCUT2D eigenvalue weighted by molar-refractivity contribution is -0.143. The number of amides is 1. The average molecular weight is 291 g/mol. The Kier molecular flexibility index (Phi) is 4.16. The Labute approximate surface area is 123 Å². The molecule has 6 heteroatoms. The number of aliphatic carboxylic acids is 1. The SMILES string of the molecule is Cc1cc(C)c(C(N)=O)c(NC2(C(=O)O)CCCCC2)n1. The highest BCUT2D eigenvalue weighted by Gasteiger charge is 2.40. The second-order valence-corrected chi connectivity index (χ2v) is 5.74. The Morgan fingerprint density at radius 2 is 1.90 bits per heavy atom. The fraction of sp³-hybridized carbons (Fsp3) is 0.533. The van der Waals surface area contributed by atoms with Crippen LogP contribution in [0, 0.1) is 13.8 Å². The van der Waals surface area contributed by atoms with Gasteiger partial charge in [-0.25, -0.2) is 9.78 Å². The maximum Gasteiger partial charge on any atom is 0.329 e. The van der Waals surface area contributed by atoms with Gasteiger partial charge < -0.3 is 16.2 Å². The molecular weight excluding hydrogens is 270 g/mol. The quantitative estimate of drug-likeness (QED) is 0.786. The van der Waals surface area contributed by atoms with Crippen molar-refractivity contribution in [2.45, 2.75) is 51.5 Å². The first kappa shape index (κ1) is 15.3. The topological polar surface area (TPSA) is 105 Å². The molecule has 0 radical (unpaired) electrons. The van der Waals surface area contributed by atoms with Gasteiger partial charge in [-0.3, -0.25) is 4.79 Å². The van der Waals surface area contributed by atoms with Crippen molar-refractivity contribution in [1.29, 1.82) is 0 Å². The lowest BCUT2D eigenvalue weighted by atomic mass is 9.81. The van der Waals surface area contributed by atoms with E-state index in [4.69, 9.17) is 5.73 Å². The highest BCUT2D eigenvalue weighted by Crippen LogP contribution is 2.33. The molecule has 1 aliphatic carbocycles. The summed E-state index contributed by atoms with van der Waals surface area (Å²) >= 11 is 0. The Morgan fingerprint density at radius 3 is 2.43 bits per heavy atom. The van der Waals surface area contributed by atoms with E-state index in [2.05, 4.69) is 10.3 Å². The monoisotopic (exact) mass is 291 g/mol. The van der Waals surface area contributed by atoms with E-state index in [1.165, 1.54) is 0 Å². The maximum atomic E-state index is 11.7. The summed E-state index contributed by atoms with van der Waals surface area (Å²) < 4.78 is 0. The van der Waals surface area contributed by atoms with Crippen LogP contribution in [-0.4, -0.2) is 27.5 Å². The van der Waals surface area contributed by atoms with Gasteiger partial charge in [0.05, 0.1) is 5.56 Å². The number of pyridine rings is 1. The maximum absolute atomic E-state index is 11.7. The number of aromatic nitrogens is 1. The van der Waals surface area contributed by atoms with Crippen molar-refractivity contribution in [2.75, 3.05) is 5.32 Å². The van der Waals surface area contributed by atoms with Gasteiger partial charge in [0, 0.05) is 5.69 Å². The number of primary amides is 1. The predicted molar refractivity (Wildman–Crippen MR) is 79.3 cm³/mol. The van der Waals surface area contributed by atoms with Gasteiger partial charge in [-0.1, -0.05) is 19.3 Å². The number of nitrogens with two attached hydrogens (primary N) is 1. The number of hydrogen-bond acceptors (Lipinski definition) is 4. The molecule has 1 aromatic rings. The zero-order valence-electron chi connectivity index (χ0n) is 12.4. The number of anilines is 1. The van der Waals surface area contributed by atoms with E-state index >= 15 is 0 Å². The van der Waals surface area contributed by atoms with Crippen LogP contribution in [-0.2, 0) is 4.79 Å². The molecule has 0 bridgehead atoms. The van der Waals surface area contributed by atoms with Crippen LogP contribution in [0.5, 0.6) is 0 Å². The van der Waals surface area contributed by atoms with Crippen LogP contribution in [0.1, 0.15) is 53.7 Å². The number of nitrogens with one attached hydrogen (secondary N) is 1. The fourth-order valence-electron chi connectivity index (χ4n) is 3.01. The summed E-state index contributed by atoms with van der Waals surface area (Å²) in [5.74, 6) is -1.22. The standard InChI is InChI=1S/C15H21N3O3/c1-9-8-10(2)17-13(11(9)12(16)19)18-15(14(20)21)6-4-3-5-7-15/h8H,3-7H2,1-2H3,(H2,16,19)(H,17,18)(H,20,21). The molecule has 6 nitrogen and oxygen atoms in total. The third-order valence-corrected chi connectivity index (χ3v) is 4.07. The molecule has 2 rings (SSSR count). The summed E-state index contributed by atoms with van der Waals surface area (Å²) in [4.78, 5) is 27.7. The predicted octanol–water partition coefficient (Wildman–Crippen LogP) is 2.00. The molecule has 1 fully saturated rings. The smallest absolute Gasteiger partial charge is 0.329 e. The lowest BCUT2D eigenvalue weighted by Gasteiger charge is -2.35. The normalized spacial score (nSPS) is 17.2. The molecule has 21 heavy (non-hydrogen) atoms. The van der Waals surface area contributed by atoms with Crippen molar-refractivity contribution < 1.29 is 14.7 Å². The molecule has 1 aromatic heterocycles. The first-order chi connectivity index (χ1) is 9.85. The van der Waals surface area contributed by atoms with Crippen molar-refractivity contribution in [1.82, 2.24) is 4.98 Å². The Hall–Kier alpha value is -2.11. The van der Waals surface area contributed by atoms with Crippen LogP contribution in [0.3, 0.4) is 0 Å². The second-order valence-electron chi connectivity index (χ2n) is 5.74. The van der Waals surface area contributed by atoms with E-state index < -0.39 is 17.4 Å². The van der Waals surface area contributed by atoms with Gasteiger partial charge in [-0.05, 0) is 38.3 Å². The molecule has 1 saturated carbocycles. The molecule has 0 atom stereocenters. The van der Waals surface area contributed by atoms with Crippen molar-refractivity contribution in [3.05, 3.63) is 22.9 Å². The summed E-state index contributed by atoms with van der Waals surface area (Å²) in [7, 11) is 0. The van der Waals surface area contributed by atoms with Crippen LogP contribution in [0.4, 0.5) is 5.82 Å². The molecule has 0 aromatic carbocycles. The average Bonchev–Trinajstić information content (AvgIpc) is 2.38. The Morgan fingerprint density at radius 1 is 1.29 bits per heavy atom. The zero-order valence-corrected chi connectivity index (χ0v) is 12.4. The van der Waals surface area contributed by atoms with Gasteiger partial charge in [-0.15, -0.1) is 0 Å². The van der Waals surface area contributed by atoms with Gasteiger partial charge in [0.15, 0.2) is 0 Å². The minimum Gasteiger partial charge on any atom is -0.480 e. The third kappa shape index (κ3) is 2.99. The second kappa shape index (κ2) is 5.71. The van der Waals surface area contributed by atoms with Gasteiger partial charge in [0.2, 0.25) is 0 Å². The summed E-state index contributed by atoms with van der Waals surface area (Å²) in [6.45, 7) is 3.57. The zero-order chi connectivity index (χ0) is 15.6. The van der Waals surface area contributed by atoms with Crippen molar-refractivity contribution in [3.8, 4) is 0 Å². The molecule has 114 valence electrons. The summed E-state index contributed by atoms with van der Waals surface area (Å²) in [6.07, 6.45) is 3.76. The number of carboxylic acid groups (broad SMARTS) is 1. The van der Waals surface area contributed by atoms with Crippen LogP contribution < -0.4 is 11.1 Å². The van der Waals surface area contributed by atoms with Crippen LogP contribution in [0.2, 0.25) is 0 Å². The van der Waals surface area contributed by atoms with Crippen molar-refractivity contribution in [2.24, 2.45) is 5.73 Å². The molecule has 0 aliphatic heterocycles.